The summed E-state index contributed by atoms with van der Waals surface area (Å²) < 4.78 is 10.2. The van der Waals surface area contributed by atoms with Crippen molar-refractivity contribution in [1.29, 1.82) is 0 Å². The van der Waals surface area contributed by atoms with Crippen molar-refractivity contribution in [2.75, 3.05) is 26.0 Å². The number of carbonyl (C=O) groups is 2. The Morgan fingerprint density at radius 1 is 1.28 bits per heavy atom. The molecule has 25 heavy (non-hydrogen) atoms. The van der Waals surface area contributed by atoms with Gasteiger partial charge in [-0.25, -0.2) is 4.79 Å². The normalized spacial score (nSPS) is 10.8. The van der Waals surface area contributed by atoms with Gasteiger partial charge in [-0.1, -0.05) is 23.2 Å². The molecule has 1 aromatic heterocycles. The third kappa shape index (κ3) is 5.22. The van der Waals surface area contributed by atoms with Crippen LogP contribution in [0.3, 0.4) is 0 Å². The van der Waals surface area contributed by atoms with Gasteiger partial charge in [0.25, 0.3) is 0 Å². The molecule has 0 bridgehead atoms. The minimum Gasteiger partial charge on any atom is -0.465 e. The van der Waals surface area contributed by atoms with Crippen molar-refractivity contribution >= 4 is 40.8 Å². The summed E-state index contributed by atoms with van der Waals surface area (Å²) in [4.78, 5) is 25.5. The van der Waals surface area contributed by atoms with Crippen LogP contribution in [0, 0.1) is 6.92 Å². The highest BCUT2D eigenvalue weighted by molar-refractivity contribution is 6.35. The molecule has 1 aromatic carbocycles. The van der Waals surface area contributed by atoms with Gasteiger partial charge in [0.05, 0.1) is 30.9 Å². The third-order valence-electron chi connectivity index (χ3n) is 3.42. The second-order valence-electron chi connectivity index (χ2n) is 5.52. The van der Waals surface area contributed by atoms with Gasteiger partial charge in [-0.3, -0.25) is 9.69 Å². The molecule has 1 heterocycles. The predicted molar refractivity (Wildman–Crippen MR) is 96.2 cm³/mol. The Kier molecular flexibility index (Phi) is 6.47. The molecule has 0 fully saturated rings. The quantitative estimate of drug-likeness (QED) is 0.767. The van der Waals surface area contributed by atoms with Crippen LogP contribution in [-0.4, -0.2) is 37.5 Å². The first-order valence-corrected chi connectivity index (χ1v) is 8.16. The SMILES string of the molecule is COC(=O)c1cc(CN(C)CC(=O)Nc2cc(Cl)ccc2Cl)oc1C. The molecule has 1 N–H and O–H groups in total. The molecular formula is C17H18Cl2N2O4. The van der Waals surface area contributed by atoms with Gasteiger partial charge < -0.3 is 14.5 Å². The van der Waals surface area contributed by atoms with Crippen molar-refractivity contribution in [2.24, 2.45) is 0 Å². The Balaban J connectivity index is 1.95. The summed E-state index contributed by atoms with van der Waals surface area (Å²) >= 11 is 11.9. The lowest BCUT2D eigenvalue weighted by Crippen LogP contribution is -2.29. The van der Waals surface area contributed by atoms with E-state index in [1.165, 1.54) is 7.11 Å². The van der Waals surface area contributed by atoms with Crippen molar-refractivity contribution in [3.63, 3.8) is 0 Å². The average molecular weight is 385 g/mol. The second kappa shape index (κ2) is 8.38. The van der Waals surface area contributed by atoms with Gasteiger partial charge >= 0.3 is 5.97 Å². The van der Waals surface area contributed by atoms with Crippen LogP contribution in [0.5, 0.6) is 0 Å². The van der Waals surface area contributed by atoms with E-state index in [0.717, 1.165) is 0 Å². The Morgan fingerprint density at radius 3 is 2.68 bits per heavy atom. The highest BCUT2D eigenvalue weighted by Crippen LogP contribution is 2.25. The lowest BCUT2D eigenvalue weighted by atomic mass is 10.2. The number of hydrogen-bond acceptors (Lipinski definition) is 5. The van der Waals surface area contributed by atoms with E-state index in [1.54, 1.807) is 43.1 Å². The van der Waals surface area contributed by atoms with Crippen LogP contribution in [0.1, 0.15) is 21.9 Å². The number of methoxy groups -OCH3 is 1. The number of aryl methyl sites for hydroxylation is 1. The van der Waals surface area contributed by atoms with Gasteiger partial charge in [0, 0.05) is 5.02 Å². The lowest BCUT2D eigenvalue weighted by Gasteiger charge is -2.15. The molecule has 0 spiro atoms. The molecule has 134 valence electrons. The van der Waals surface area contributed by atoms with E-state index in [2.05, 4.69) is 10.1 Å². The molecule has 6 nitrogen and oxygen atoms in total. The maximum Gasteiger partial charge on any atom is 0.341 e. The highest BCUT2D eigenvalue weighted by atomic mass is 35.5. The molecule has 0 aliphatic rings. The molecule has 8 heteroatoms. The fraction of sp³-hybridized carbons (Fsp3) is 0.294. The summed E-state index contributed by atoms with van der Waals surface area (Å²) in [7, 11) is 3.07. The van der Waals surface area contributed by atoms with Gasteiger partial charge in [0.15, 0.2) is 0 Å². The molecule has 0 radical (unpaired) electrons. The van der Waals surface area contributed by atoms with Crippen molar-refractivity contribution in [3.05, 3.63) is 51.4 Å². The summed E-state index contributed by atoms with van der Waals surface area (Å²) in [6.45, 7) is 2.15. The van der Waals surface area contributed by atoms with Crippen LogP contribution in [-0.2, 0) is 16.1 Å². The maximum atomic E-state index is 12.1. The van der Waals surface area contributed by atoms with Gasteiger partial charge in [0.2, 0.25) is 5.91 Å². The monoisotopic (exact) mass is 384 g/mol. The van der Waals surface area contributed by atoms with Crippen molar-refractivity contribution in [1.82, 2.24) is 4.90 Å². The van der Waals surface area contributed by atoms with E-state index in [9.17, 15) is 9.59 Å². The Bertz CT molecular complexity index is 789. The zero-order chi connectivity index (χ0) is 18.6. The number of esters is 1. The second-order valence-corrected chi connectivity index (χ2v) is 6.36. The number of nitrogens with zero attached hydrogens (tertiary/aromatic N) is 1. The fourth-order valence-corrected chi connectivity index (χ4v) is 2.62. The van der Waals surface area contributed by atoms with E-state index in [0.29, 0.717) is 39.4 Å². The van der Waals surface area contributed by atoms with Crippen molar-refractivity contribution < 1.29 is 18.7 Å². The van der Waals surface area contributed by atoms with E-state index >= 15 is 0 Å². The van der Waals surface area contributed by atoms with Gasteiger partial charge in [-0.2, -0.15) is 0 Å². The van der Waals surface area contributed by atoms with Gasteiger partial charge in [0.1, 0.15) is 17.1 Å². The van der Waals surface area contributed by atoms with Crippen molar-refractivity contribution in [2.45, 2.75) is 13.5 Å². The third-order valence-corrected chi connectivity index (χ3v) is 3.98. The van der Waals surface area contributed by atoms with Crippen LogP contribution in [0.2, 0.25) is 10.0 Å². The van der Waals surface area contributed by atoms with E-state index < -0.39 is 5.97 Å². The standard InChI is InChI=1S/C17H18Cl2N2O4/c1-10-13(17(23)24-3)7-12(25-10)8-21(2)9-16(22)20-15-6-11(18)4-5-14(15)19/h4-7H,8-9H2,1-3H3,(H,20,22). The first-order chi connectivity index (χ1) is 11.8. The smallest absolute Gasteiger partial charge is 0.341 e. The zero-order valence-electron chi connectivity index (χ0n) is 14.1. The molecule has 0 aliphatic heterocycles. The molecule has 0 atom stereocenters. The van der Waals surface area contributed by atoms with Crippen LogP contribution in [0.15, 0.2) is 28.7 Å². The number of ether oxygens (including phenoxy) is 1. The highest BCUT2D eigenvalue weighted by Gasteiger charge is 2.17. The van der Waals surface area contributed by atoms with E-state index in [4.69, 9.17) is 27.6 Å². The first kappa shape index (κ1) is 19.3. The Morgan fingerprint density at radius 2 is 2.00 bits per heavy atom. The molecule has 0 saturated carbocycles. The molecule has 1 amide bonds. The van der Waals surface area contributed by atoms with Crippen LogP contribution in [0.4, 0.5) is 5.69 Å². The average Bonchev–Trinajstić information content (AvgIpc) is 2.90. The van der Waals surface area contributed by atoms with Crippen LogP contribution >= 0.6 is 23.2 Å². The minimum absolute atomic E-state index is 0.107. The number of anilines is 1. The fourth-order valence-electron chi connectivity index (χ4n) is 2.28. The summed E-state index contributed by atoms with van der Waals surface area (Å²) in [6.07, 6.45) is 0. The number of halogens is 2. The lowest BCUT2D eigenvalue weighted by molar-refractivity contribution is -0.117. The topological polar surface area (TPSA) is 71.8 Å². The van der Waals surface area contributed by atoms with Gasteiger partial charge in [-0.05, 0) is 38.2 Å². The largest absolute Gasteiger partial charge is 0.465 e. The summed E-state index contributed by atoms with van der Waals surface area (Å²) in [6, 6.07) is 6.46. The van der Waals surface area contributed by atoms with Crippen LogP contribution < -0.4 is 5.32 Å². The first-order valence-electron chi connectivity index (χ1n) is 7.41. The predicted octanol–water partition coefficient (Wildman–Crippen LogP) is 3.75. The minimum atomic E-state index is -0.455. The summed E-state index contributed by atoms with van der Waals surface area (Å²) in [5, 5.41) is 3.60. The molecule has 2 rings (SSSR count). The van der Waals surface area contributed by atoms with E-state index in [1.807, 2.05) is 0 Å². The maximum absolute atomic E-state index is 12.1. The number of rotatable bonds is 6. The Hall–Kier alpha value is -2.02. The molecule has 0 unspecified atom stereocenters. The number of benzene rings is 1. The number of hydrogen-bond donors (Lipinski definition) is 1. The number of carbonyl (C=O) groups excluding carboxylic acids is 2. The summed E-state index contributed by atoms with van der Waals surface area (Å²) in [5.74, 6) is 0.339. The number of amides is 1. The molecule has 0 aliphatic carbocycles. The number of likely N-dealkylation sites (N-methyl/N-ethyl adjacent to an activating group) is 1. The zero-order valence-corrected chi connectivity index (χ0v) is 15.6. The number of nitrogens with one attached hydrogen (secondary N) is 1. The Labute approximate surface area is 155 Å². The van der Waals surface area contributed by atoms with Crippen LogP contribution in [0.25, 0.3) is 0 Å². The summed E-state index contributed by atoms with van der Waals surface area (Å²) in [5.41, 5.74) is 0.829. The van der Waals surface area contributed by atoms with Crippen molar-refractivity contribution in [3.8, 4) is 0 Å². The number of furan rings is 1. The van der Waals surface area contributed by atoms with Gasteiger partial charge in [-0.15, -0.1) is 0 Å². The molecular weight excluding hydrogens is 367 g/mol. The molecule has 0 saturated heterocycles. The molecule has 2 aromatic rings. The van der Waals surface area contributed by atoms with E-state index in [-0.39, 0.29) is 12.5 Å².